The molecule has 1 rings (SSSR count). The van der Waals surface area contributed by atoms with E-state index < -0.39 is 0 Å². The SMILES string of the molecule is CC(C)(C)c1ccc(P)cn1. The molecule has 0 fully saturated rings. The number of pyridine rings is 1. The molecule has 0 spiro atoms. The Labute approximate surface area is 70.4 Å². The second-order valence-corrected chi connectivity index (χ2v) is 4.39. The van der Waals surface area contributed by atoms with Crippen LogP contribution in [-0.4, -0.2) is 4.98 Å². The van der Waals surface area contributed by atoms with Crippen LogP contribution in [0.2, 0.25) is 0 Å². The molecule has 1 atom stereocenters. The van der Waals surface area contributed by atoms with E-state index in [0.29, 0.717) is 0 Å². The summed E-state index contributed by atoms with van der Waals surface area (Å²) in [5.74, 6) is 0. The molecule has 0 bridgehead atoms. The highest BCUT2D eigenvalue weighted by atomic mass is 31.0. The van der Waals surface area contributed by atoms with Crippen LogP contribution in [0.4, 0.5) is 0 Å². The first-order valence-corrected chi connectivity index (χ1v) is 4.30. The van der Waals surface area contributed by atoms with E-state index in [-0.39, 0.29) is 5.41 Å². The van der Waals surface area contributed by atoms with E-state index in [4.69, 9.17) is 0 Å². The van der Waals surface area contributed by atoms with Gasteiger partial charge in [-0.2, -0.15) is 0 Å². The van der Waals surface area contributed by atoms with E-state index in [1.807, 2.05) is 6.20 Å². The third kappa shape index (κ3) is 2.27. The minimum atomic E-state index is 0.165. The summed E-state index contributed by atoms with van der Waals surface area (Å²) in [5, 5.41) is 1.14. The summed E-state index contributed by atoms with van der Waals surface area (Å²) in [6.07, 6.45) is 1.88. The van der Waals surface area contributed by atoms with E-state index in [0.717, 1.165) is 11.0 Å². The second-order valence-electron chi connectivity index (χ2n) is 3.73. The van der Waals surface area contributed by atoms with Gasteiger partial charge in [-0.25, -0.2) is 0 Å². The van der Waals surface area contributed by atoms with Gasteiger partial charge >= 0.3 is 0 Å². The van der Waals surface area contributed by atoms with Gasteiger partial charge in [0.05, 0.1) is 0 Å². The molecular formula is C9H14NP. The van der Waals surface area contributed by atoms with Crippen molar-refractivity contribution in [3.8, 4) is 0 Å². The Kier molecular flexibility index (Phi) is 2.29. The summed E-state index contributed by atoms with van der Waals surface area (Å²) in [7, 11) is 2.63. The molecule has 0 aliphatic heterocycles. The van der Waals surface area contributed by atoms with Crippen molar-refractivity contribution in [3.63, 3.8) is 0 Å². The minimum Gasteiger partial charge on any atom is -0.260 e. The summed E-state index contributed by atoms with van der Waals surface area (Å²) in [4.78, 5) is 4.33. The lowest BCUT2D eigenvalue weighted by Gasteiger charge is -2.16. The minimum absolute atomic E-state index is 0.165. The van der Waals surface area contributed by atoms with E-state index in [2.05, 4.69) is 47.1 Å². The maximum Gasteiger partial charge on any atom is 0.0457 e. The Morgan fingerprint density at radius 2 is 1.91 bits per heavy atom. The predicted molar refractivity (Wildman–Crippen MR) is 52.3 cm³/mol. The summed E-state index contributed by atoms with van der Waals surface area (Å²) in [5.41, 5.74) is 1.31. The molecule has 0 radical (unpaired) electrons. The zero-order valence-electron chi connectivity index (χ0n) is 7.26. The van der Waals surface area contributed by atoms with E-state index in [1.165, 1.54) is 0 Å². The summed E-state index contributed by atoms with van der Waals surface area (Å²) < 4.78 is 0. The Hall–Kier alpha value is -0.420. The number of hydrogen-bond acceptors (Lipinski definition) is 1. The zero-order valence-corrected chi connectivity index (χ0v) is 8.41. The summed E-state index contributed by atoms with van der Waals surface area (Å²) in [6, 6.07) is 4.14. The van der Waals surface area contributed by atoms with Crippen LogP contribution in [0.3, 0.4) is 0 Å². The van der Waals surface area contributed by atoms with Crippen molar-refractivity contribution in [2.24, 2.45) is 0 Å². The molecule has 0 saturated heterocycles. The third-order valence-corrected chi connectivity index (χ3v) is 1.90. The Balaban J connectivity index is 2.99. The Morgan fingerprint density at radius 3 is 2.27 bits per heavy atom. The standard InChI is InChI=1S/C9H14NP/c1-9(2,3)8-5-4-7(11)6-10-8/h4-6H,11H2,1-3H3. The molecule has 0 aliphatic carbocycles. The van der Waals surface area contributed by atoms with Crippen LogP contribution in [0.25, 0.3) is 0 Å². The molecule has 1 aromatic heterocycles. The van der Waals surface area contributed by atoms with Gasteiger partial charge < -0.3 is 0 Å². The molecule has 11 heavy (non-hydrogen) atoms. The molecule has 60 valence electrons. The van der Waals surface area contributed by atoms with Crippen molar-refractivity contribution in [3.05, 3.63) is 24.0 Å². The van der Waals surface area contributed by atoms with Crippen molar-refractivity contribution < 1.29 is 0 Å². The largest absolute Gasteiger partial charge is 0.260 e. The topological polar surface area (TPSA) is 12.9 Å². The molecule has 1 unspecified atom stereocenters. The smallest absolute Gasteiger partial charge is 0.0457 e. The molecule has 1 nitrogen and oxygen atoms in total. The second kappa shape index (κ2) is 2.91. The van der Waals surface area contributed by atoms with Crippen LogP contribution >= 0.6 is 9.24 Å². The van der Waals surface area contributed by atoms with Crippen molar-refractivity contribution in [2.75, 3.05) is 0 Å². The number of aromatic nitrogens is 1. The van der Waals surface area contributed by atoms with Crippen LogP contribution in [0.15, 0.2) is 18.3 Å². The normalized spacial score (nSPS) is 11.6. The van der Waals surface area contributed by atoms with Crippen LogP contribution in [0.1, 0.15) is 26.5 Å². The molecule has 0 N–H and O–H groups in total. The van der Waals surface area contributed by atoms with Gasteiger partial charge in [0.25, 0.3) is 0 Å². The highest BCUT2D eigenvalue weighted by Crippen LogP contribution is 2.18. The number of rotatable bonds is 0. The van der Waals surface area contributed by atoms with Gasteiger partial charge in [-0.05, 0) is 11.4 Å². The summed E-state index contributed by atoms with van der Waals surface area (Å²) >= 11 is 0. The van der Waals surface area contributed by atoms with Crippen molar-refractivity contribution >= 4 is 14.5 Å². The number of hydrogen-bond donors (Lipinski definition) is 0. The molecule has 1 aromatic rings. The predicted octanol–water partition coefficient (Wildman–Crippen LogP) is 1.88. The number of nitrogens with zero attached hydrogens (tertiary/aromatic N) is 1. The van der Waals surface area contributed by atoms with Gasteiger partial charge in [0, 0.05) is 17.3 Å². The fourth-order valence-corrected chi connectivity index (χ4v) is 1.02. The van der Waals surface area contributed by atoms with Crippen molar-refractivity contribution in [1.29, 1.82) is 0 Å². The average Bonchev–Trinajstić information content (AvgIpc) is 1.86. The lowest BCUT2D eigenvalue weighted by atomic mass is 9.92. The first-order chi connectivity index (χ1) is 5.00. The summed E-state index contributed by atoms with van der Waals surface area (Å²) in [6.45, 7) is 6.49. The van der Waals surface area contributed by atoms with Gasteiger partial charge in [0.2, 0.25) is 0 Å². The maximum atomic E-state index is 4.33. The highest BCUT2D eigenvalue weighted by Gasteiger charge is 2.13. The maximum absolute atomic E-state index is 4.33. The lowest BCUT2D eigenvalue weighted by Crippen LogP contribution is -2.14. The monoisotopic (exact) mass is 167 g/mol. The lowest BCUT2D eigenvalue weighted by molar-refractivity contribution is 0.569. The first-order valence-electron chi connectivity index (χ1n) is 3.72. The van der Waals surface area contributed by atoms with Crippen LogP contribution < -0.4 is 5.30 Å². The Morgan fingerprint density at radius 1 is 1.27 bits per heavy atom. The van der Waals surface area contributed by atoms with Crippen LogP contribution in [0, 0.1) is 0 Å². The molecule has 2 heteroatoms. The first kappa shape index (κ1) is 8.67. The van der Waals surface area contributed by atoms with Crippen LogP contribution in [-0.2, 0) is 5.41 Å². The molecule has 0 aromatic carbocycles. The highest BCUT2D eigenvalue weighted by molar-refractivity contribution is 7.27. The zero-order chi connectivity index (χ0) is 8.48. The van der Waals surface area contributed by atoms with E-state index in [1.54, 1.807) is 0 Å². The van der Waals surface area contributed by atoms with Crippen LogP contribution in [0.5, 0.6) is 0 Å². The van der Waals surface area contributed by atoms with Gasteiger partial charge in [-0.1, -0.05) is 26.8 Å². The quantitative estimate of drug-likeness (QED) is 0.537. The van der Waals surface area contributed by atoms with Crippen molar-refractivity contribution in [1.82, 2.24) is 4.98 Å². The fourth-order valence-electron chi connectivity index (χ4n) is 0.849. The molecule has 0 saturated carbocycles. The van der Waals surface area contributed by atoms with E-state index in [9.17, 15) is 0 Å². The Bertz CT molecular complexity index is 233. The van der Waals surface area contributed by atoms with Crippen molar-refractivity contribution in [2.45, 2.75) is 26.2 Å². The fraction of sp³-hybridized carbons (Fsp3) is 0.444. The molecule has 0 aliphatic rings. The third-order valence-electron chi connectivity index (χ3n) is 1.55. The van der Waals surface area contributed by atoms with Gasteiger partial charge in [0.15, 0.2) is 0 Å². The van der Waals surface area contributed by atoms with E-state index >= 15 is 0 Å². The van der Waals surface area contributed by atoms with Gasteiger partial charge in [-0.3, -0.25) is 4.98 Å². The molecular weight excluding hydrogens is 153 g/mol. The average molecular weight is 167 g/mol. The molecule has 0 amide bonds. The van der Waals surface area contributed by atoms with Gasteiger partial charge in [-0.15, -0.1) is 9.24 Å². The van der Waals surface area contributed by atoms with Gasteiger partial charge in [0.1, 0.15) is 0 Å². The molecule has 1 heterocycles.